The number of hydrogen-bond donors (Lipinski definition) is 2. The first kappa shape index (κ1) is 18.2. The van der Waals surface area contributed by atoms with Crippen LogP contribution in [-0.2, 0) is 9.59 Å². The number of carbonyl (C=O) groups excluding carboxylic acids is 2. The van der Waals surface area contributed by atoms with Crippen molar-refractivity contribution in [2.75, 3.05) is 6.54 Å². The van der Waals surface area contributed by atoms with E-state index >= 15 is 0 Å². The van der Waals surface area contributed by atoms with Crippen LogP contribution in [0.15, 0.2) is 34.7 Å². The highest BCUT2D eigenvalue weighted by molar-refractivity contribution is 7.80. The third-order valence-corrected chi connectivity index (χ3v) is 3.61. The molecule has 0 unspecified atom stereocenters. The van der Waals surface area contributed by atoms with E-state index in [2.05, 4.69) is 22.9 Å². The number of nitrogens with zero attached hydrogens (tertiary/aromatic N) is 1. The summed E-state index contributed by atoms with van der Waals surface area (Å²) in [6.45, 7) is 5.28. The Hall–Kier alpha value is -2.16. The molecule has 1 saturated heterocycles. The number of nitrogens with one attached hydrogen (secondary N) is 2. The number of alkyl halides is 3. The summed E-state index contributed by atoms with van der Waals surface area (Å²) >= 11 is 4.68. The Labute approximate surface area is 142 Å². The van der Waals surface area contributed by atoms with Gasteiger partial charge in [0.25, 0.3) is 11.8 Å². The predicted octanol–water partition coefficient (Wildman–Crippen LogP) is 2.14. The van der Waals surface area contributed by atoms with E-state index in [1.54, 1.807) is 13.8 Å². The zero-order valence-corrected chi connectivity index (χ0v) is 14.1. The van der Waals surface area contributed by atoms with Gasteiger partial charge in [0, 0.05) is 12.2 Å². The van der Waals surface area contributed by atoms with Crippen LogP contribution in [0.1, 0.15) is 20.8 Å². The van der Waals surface area contributed by atoms with E-state index in [9.17, 15) is 22.8 Å². The highest BCUT2D eigenvalue weighted by Crippen LogP contribution is 2.36. The van der Waals surface area contributed by atoms with E-state index in [1.165, 1.54) is 13.0 Å². The lowest BCUT2D eigenvalue weighted by Crippen LogP contribution is -2.51. The normalized spacial score (nSPS) is 19.3. The van der Waals surface area contributed by atoms with E-state index in [1.807, 2.05) is 0 Å². The number of amides is 2. The lowest BCUT2D eigenvalue weighted by Gasteiger charge is -2.34. The number of carbonyl (C=O) groups is 2. The molecule has 2 N–H and O–H groups in total. The zero-order valence-electron chi connectivity index (χ0n) is 13.2. The van der Waals surface area contributed by atoms with Gasteiger partial charge in [0.15, 0.2) is 5.11 Å². The topological polar surface area (TPSA) is 61.4 Å². The third kappa shape index (κ3) is 3.66. The van der Waals surface area contributed by atoms with Gasteiger partial charge in [-0.3, -0.25) is 20.2 Å². The maximum Gasteiger partial charge on any atom is 0.431 e. The maximum atomic E-state index is 13.4. The van der Waals surface area contributed by atoms with Gasteiger partial charge in [0.1, 0.15) is 11.3 Å². The van der Waals surface area contributed by atoms with Crippen LogP contribution in [0, 0.1) is 5.92 Å². The van der Waals surface area contributed by atoms with Crippen molar-refractivity contribution in [2.45, 2.75) is 26.9 Å². The fourth-order valence-electron chi connectivity index (χ4n) is 2.47. The molecule has 1 fully saturated rings. The summed E-state index contributed by atoms with van der Waals surface area (Å²) in [5.74, 6) is -1.65. The van der Waals surface area contributed by atoms with Gasteiger partial charge in [-0.15, -0.1) is 0 Å². The number of rotatable bonds is 2. The summed E-state index contributed by atoms with van der Waals surface area (Å²) in [6.07, 6.45) is -2.41. The van der Waals surface area contributed by atoms with Gasteiger partial charge >= 0.3 is 6.18 Å². The molecule has 0 radical (unpaired) electrons. The molecule has 0 aromatic rings. The Morgan fingerprint density at radius 2 is 1.71 bits per heavy atom. The van der Waals surface area contributed by atoms with Gasteiger partial charge in [-0.25, -0.2) is 0 Å². The second kappa shape index (κ2) is 6.39. The predicted molar refractivity (Wildman–Crippen MR) is 85.3 cm³/mol. The minimum absolute atomic E-state index is 0.00745. The molecule has 24 heavy (non-hydrogen) atoms. The van der Waals surface area contributed by atoms with Crippen LogP contribution in [0.4, 0.5) is 13.2 Å². The largest absolute Gasteiger partial charge is 0.431 e. The van der Waals surface area contributed by atoms with E-state index in [0.717, 1.165) is 11.0 Å². The Bertz CT molecular complexity index is 683. The fraction of sp³-hybridized carbons (Fsp3) is 0.400. The minimum atomic E-state index is -4.62. The van der Waals surface area contributed by atoms with Crippen LogP contribution in [0.25, 0.3) is 0 Å². The van der Waals surface area contributed by atoms with Gasteiger partial charge in [0.05, 0.1) is 0 Å². The van der Waals surface area contributed by atoms with Crippen LogP contribution in [0.3, 0.4) is 0 Å². The van der Waals surface area contributed by atoms with Gasteiger partial charge in [-0.2, -0.15) is 13.2 Å². The smallest absolute Gasteiger partial charge is 0.341 e. The Balaban J connectivity index is 2.57. The molecule has 0 atom stereocenters. The molecule has 2 aliphatic rings. The lowest BCUT2D eigenvalue weighted by molar-refractivity contribution is -0.123. The number of allylic oxidation sites excluding steroid dienone is 5. The molecule has 130 valence electrons. The summed E-state index contributed by atoms with van der Waals surface area (Å²) < 4.78 is 40.3. The van der Waals surface area contributed by atoms with Crippen molar-refractivity contribution >= 4 is 29.1 Å². The number of thiocarbonyl (C=S) groups is 1. The van der Waals surface area contributed by atoms with Crippen molar-refractivity contribution in [3.05, 3.63) is 34.7 Å². The first-order chi connectivity index (χ1) is 11.0. The van der Waals surface area contributed by atoms with E-state index in [0.29, 0.717) is 5.70 Å². The molecule has 9 heteroatoms. The minimum Gasteiger partial charge on any atom is -0.341 e. The summed E-state index contributed by atoms with van der Waals surface area (Å²) in [7, 11) is 0. The van der Waals surface area contributed by atoms with Crippen molar-refractivity contribution in [1.82, 2.24) is 15.5 Å². The van der Waals surface area contributed by atoms with Gasteiger partial charge in [-0.1, -0.05) is 13.8 Å². The summed E-state index contributed by atoms with van der Waals surface area (Å²) in [4.78, 5) is 25.1. The lowest BCUT2D eigenvalue weighted by atomic mass is 9.98. The number of hydrogen-bond acceptors (Lipinski definition) is 4. The fourth-order valence-corrected chi connectivity index (χ4v) is 2.66. The second-order valence-corrected chi connectivity index (χ2v) is 6.29. The molecule has 2 aliphatic heterocycles. The van der Waals surface area contributed by atoms with E-state index in [4.69, 9.17) is 0 Å². The zero-order chi connectivity index (χ0) is 18.2. The highest BCUT2D eigenvalue weighted by Gasteiger charge is 2.41. The summed E-state index contributed by atoms with van der Waals surface area (Å²) in [5.41, 5.74) is -1.10. The second-order valence-electron chi connectivity index (χ2n) is 5.89. The first-order valence-electron chi connectivity index (χ1n) is 7.16. The van der Waals surface area contributed by atoms with Crippen LogP contribution in [0.2, 0.25) is 0 Å². The Morgan fingerprint density at radius 1 is 1.17 bits per heavy atom. The van der Waals surface area contributed by atoms with E-state index < -0.39 is 29.3 Å². The average molecular weight is 359 g/mol. The van der Waals surface area contributed by atoms with Gasteiger partial charge < -0.3 is 4.90 Å². The molecule has 0 aromatic heterocycles. The molecule has 0 spiro atoms. The average Bonchev–Trinajstić information content (AvgIpc) is 2.38. The monoisotopic (exact) mass is 359 g/mol. The first-order valence-corrected chi connectivity index (χ1v) is 7.57. The van der Waals surface area contributed by atoms with Crippen LogP contribution in [0.5, 0.6) is 0 Å². The Kier molecular flexibility index (Phi) is 4.84. The summed E-state index contributed by atoms with van der Waals surface area (Å²) in [6, 6.07) is 0. The van der Waals surface area contributed by atoms with Crippen LogP contribution < -0.4 is 10.6 Å². The molecule has 2 rings (SSSR count). The van der Waals surface area contributed by atoms with Crippen LogP contribution >= 0.6 is 12.2 Å². The summed E-state index contributed by atoms with van der Waals surface area (Å²) in [5, 5.41) is 4.26. The molecule has 0 aromatic carbocycles. The van der Waals surface area contributed by atoms with Gasteiger partial charge in [0.2, 0.25) is 0 Å². The van der Waals surface area contributed by atoms with E-state index in [-0.39, 0.29) is 23.1 Å². The van der Waals surface area contributed by atoms with Crippen molar-refractivity contribution in [1.29, 1.82) is 0 Å². The highest BCUT2D eigenvalue weighted by atomic mass is 32.1. The Morgan fingerprint density at radius 3 is 2.17 bits per heavy atom. The SMILES string of the molecule is CC1=CC(=C2C(=O)NC(=S)NC2=O)C=C(C(F)(F)F)N1CC(C)C. The standard InChI is InChI=1S/C15H16F3N3O2S/c1-7(2)6-21-8(3)4-9(5-10(21)15(16,17)18)11-12(22)19-14(24)20-13(11)23/h4-5,7H,6H2,1-3H3,(H2,19,20,22,23,24). The maximum absolute atomic E-state index is 13.4. The molecule has 0 bridgehead atoms. The van der Waals surface area contributed by atoms with Crippen molar-refractivity contribution in [2.24, 2.45) is 5.92 Å². The molecular formula is C15H16F3N3O2S. The van der Waals surface area contributed by atoms with Crippen molar-refractivity contribution in [3.8, 4) is 0 Å². The third-order valence-electron chi connectivity index (χ3n) is 3.41. The molecule has 2 heterocycles. The number of halogens is 3. The molecule has 0 saturated carbocycles. The van der Waals surface area contributed by atoms with Crippen molar-refractivity contribution in [3.63, 3.8) is 0 Å². The quantitative estimate of drug-likeness (QED) is 0.451. The molecule has 5 nitrogen and oxygen atoms in total. The van der Waals surface area contributed by atoms with Gasteiger partial charge in [-0.05, 0) is 42.8 Å². The van der Waals surface area contributed by atoms with Crippen molar-refractivity contribution < 1.29 is 22.8 Å². The molecular weight excluding hydrogens is 343 g/mol. The molecule has 0 aliphatic carbocycles. The molecule has 2 amide bonds. The van der Waals surface area contributed by atoms with Crippen LogP contribution in [-0.4, -0.2) is 34.5 Å².